The van der Waals surface area contributed by atoms with Gasteiger partial charge in [0, 0.05) is 26.1 Å². The zero-order valence-electron chi connectivity index (χ0n) is 14.8. The van der Waals surface area contributed by atoms with Crippen molar-refractivity contribution in [3.05, 3.63) is 28.7 Å². The maximum atomic E-state index is 12.7. The molecule has 2 heterocycles. The van der Waals surface area contributed by atoms with Gasteiger partial charge in [0.2, 0.25) is 12.7 Å². The van der Waals surface area contributed by atoms with E-state index in [-0.39, 0.29) is 44.7 Å². The molecule has 0 spiro atoms. The van der Waals surface area contributed by atoms with E-state index in [2.05, 4.69) is 0 Å². The molecule has 2 aliphatic rings. The number of fused-ring (bicyclic) bond motifs is 1. The third kappa shape index (κ3) is 4.42. The number of aliphatic hydroxyl groups excluding tert-OH is 1. The van der Waals surface area contributed by atoms with Crippen LogP contribution in [0.15, 0.2) is 23.1 Å². The summed E-state index contributed by atoms with van der Waals surface area (Å²) in [5.74, 6) is 1.01. The van der Waals surface area contributed by atoms with Gasteiger partial charge in [-0.2, -0.15) is 0 Å². The maximum absolute atomic E-state index is 12.7. The molecule has 7 nitrogen and oxygen atoms in total. The molecule has 0 bridgehead atoms. The third-order valence-corrected chi connectivity index (χ3v) is 5.60. The van der Waals surface area contributed by atoms with Crippen molar-refractivity contribution in [2.45, 2.75) is 13.3 Å². The van der Waals surface area contributed by atoms with Crippen LogP contribution in [0.4, 0.5) is 0 Å². The van der Waals surface area contributed by atoms with E-state index in [9.17, 15) is 9.59 Å². The molecule has 2 amide bonds. The summed E-state index contributed by atoms with van der Waals surface area (Å²) < 4.78 is 11.1. The number of likely N-dealkylation sites (N-methyl/N-ethyl adjacent to an activating group) is 1. The second-order valence-corrected chi connectivity index (χ2v) is 7.57. The summed E-state index contributed by atoms with van der Waals surface area (Å²) >= 11 is 6.52. The highest BCUT2D eigenvalue weighted by Crippen LogP contribution is 2.36. The lowest BCUT2D eigenvalue weighted by Crippen LogP contribution is -2.37. The zero-order valence-corrected chi connectivity index (χ0v) is 16.5. The SMILES string of the molecule is CCN(CCO)C(=O)CCN1C(=O)/C(=C/c2ccc3c(c2)OCO3)SC1=S. The molecule has 1 aromatic carbocycles. The zero-order chi connectivity index (χ0) is 19.4. The molecule has 0 aliphatic carbocycles. The highest BCUT2D eigenvalue weighted by molar-refractivity contribution is 8.26. The number of thiocarbonyl (C=S) groups is 1. The lowest BCUT2D eigenvalue weighted by atomic mass is 10.2. The number of nitrogens with zero attached hydrogens (tertiary/aromatic N) is 2. The van der Waals surface area contributed by atoms with E-state index in [0.29, 0.717) is 27.3 Å². The Morgan fingerprint density at radius 1 is 1.41 bits per heavy atom. The monoisotopic (exact) mass is 408 g/mol. The van der Waals surface area contributed by atoms with E-state index < -0.39 is 0 Å². The molecular weight excluding hydrogens is 388 g/mol. The molecule has 1 saturated heterocycles. The van der Waals surface area contributed by atoms with Gasteiger partial charge >= 0.3 is 0 Å². The molecule has 1 aromatic rings. The Balaban J connectivity index is 1.65. The van der Waals surface area contributed by atoms with E-state index in [0.717, 1.165) is 5.56 Å². The van der Waals surface area contributed by atoms with Gasteiger partial charge in [0.05, 0.1) is 11.5 Å². The predicted molar refractivity (Wildman–Crippen MR) is 106 cm³/mol. The number of hydrogen-bond acceptors (Lipinski definition) is 7. The van der Waals surface area contributed by atoms with Crippen LogP contribution in [-0.4, -0.2) is 64.1 Å². The summed E-state index contributed by atoms with van der Waals surface area (Å²) in [6, 6.07) is 5.46. The van der Waals surface area contributed by atoms with Gasteiger partial charge in [0.15, 0.2) is 11.5 Å². The number of carbonyl (C=O) groups is 2. The molecule has 3 rings (SSSR count). The van der Waals surface area contributed by atoms with Crippen molar-refractivity contribution in [3.63, 3.8) is 0 Å². The van der Waals surface area contributed by atoms with Crippen LogP contribution in [0.5, 0.6) is 11.5 Å². The fourth-order valence-corrected chi connectivity index (χ4v) is 4.10. The van der Waals surface area contributed by atoms with E-state index in [4.69, 9.17) is 26.8 Å². The largest absolute Gasteiger partial charge is 0.454 e. The standard InChI is InChI=1S/C18H20N2O5S2/c1-2-19(7-8-21)16(22)5-6-20-17(23)15(27-18(20)26)10-12-3-4-13-14(9-12)25-11-24-13/h3-4,9-10,21H,2,5-8,11H2,1H3/b15-10-. The van der Waals surface area contributed by atoms with Gasteiger partial charge in [-0.15, -0.1) is 0 Å². The van der Waals surface area contributed by atoms with Crippen molar-refractivity contribution < 1.29 is 24.2 Å². The molecule has 0 saturated carbocycles. The smallest absolute Gasteiger partial charge is 0.266 e. The summed E-state index contributed by atoms with van der Waals surface area (Å²) in [6.07, 6.45) is 1.92. The third-order valence-electron chi connectivity index (χ3n) is 4.22. The van der Waals surface area contributed by atoms with Crippen LogP contribution in [-0.2, 0) is 9.59 Å². The Bertz CT molecular complexity index is 796. The number of ether oxygens (including phenoxy) is 2. The number of carbonyl (C=O) groups excluding carboxylic acids is 2. The number of aliphatic hydroxyl groups is 1. The Hall–Kier alpha value is -2.10. The summed E-state index contributed by atoms with van der Waals surface area (Å²) in [5, 5.41) is 9.01. The lowest BCUT2D eigenvalue weighted by Gasteiger charge is -2.21. The molecule has 144 valence electrons. The van der Waals surface area contributed by atoms with Crippen molar-refractivity contribution in [1.29, 1.82) is 0 Å². The van der Waals surface area contributed by atoms with Gasteiger partial charge < -0.3 is 19.5 Å². The Morgan fingerprint density at radius 3 is 2.93 bits per heavy atom. The van der Waals surface area contributed by atoms with Crippen LogP contribution in [0.3, 0.4) is 0 Å². The van der Waals surface area contributed by atoms with Gasteiger partial charge in [-0.05, 0) is 30.7 Å². The number of rotatable bonds is 7. The Morgan fingerprint density at radius 2 is 2.19 bits per heavy atom. The molecule has 0 radical (unpaired) electrons. The number of hydrogen-bond donors (Lipinski definition) is 1. The minimum Gasteiger partial charge on any atom is -0.454 e. The van der Waals surface area contributed by atoms with Crippen LogP contribution in [0.2, 0.25) is 0 Å². The van der Waals surface area contributed by atoms with E-state index in [1.165, 1.54) is 16.7 Å². The van der Waals surface area contributed by atoms with Crippen LogP contribution < -0.4 is 9.47 Å². The normalized spacial score (nSPS) is 17.1. The first-order chi connectivity index (χ1) is 13.0. The lowest BCUT2D eigenvalue weighted by molar-refractivity contribution is -0.132. The molecule has 27 heavy (non-hydrogen) atoms. The summed E-state index contributed by atoms with van der Waals surface area (Å²) in [6.45, 7) is 2.99. The Kier molecular flexibility index (Phi) is 6.35. The quantitative estimate of drug-likeness (QED) is 0.545. The minimum atomic E-state index is -0.208. The Labute approximate surface area is 166 Å². The average molecular weight is 409 g/mol. The molecule has 0 unspecified atom stereocenters. The first-order valence-electron chi connectivity index (χ1n) is 8.57. The molecule has 9 heteroatoms. The fraction of sp³-hybridized carbons (Fsp3) is 0.389. The van der Waals surface area contributed by atoms with Gasteiger partial charge in [-0.3, -0.25) is 14.5 Å². The number of amides is 2. The van der Waals surface area contributed by atoms with E-state index in [1.807, 2.05) is 19.1 Å². The van der Waals surface area contributed by atoms with Crippen LogP contribution >= 0.6 is 24.0 Å². The van der Waals surface area contributed by atoms with Crippen molar-refractivity contribution in [2.24, 2.45) is 0 Å². The first-order valence-corrected chi connectivity index (χ1v) is 9.79. The molecule has 2 aliphatic heterocycles. The predicted octanol–water partition coefficient (Wildman–Crippen LogP) is 1.85. The van der Waals surface area contributed by atoms with Crippen LogP contribution in [0, 0.1) is 0 Å². The molecule has 0 atom stereocenters. The summed E-state index contributed by atoms with van der Waals surface area (Å²) in [5.41, 5.74) is 0.816. The van der Waals surface area contributed by atoms with Crippen molar-refractivity contribution in [2.75, 3.05) is 33.0 Å². The molecule has 1 N–H and O–H groups in total. The van der Waals surface area contributed by atoms with Gasteiger partial charge in [0.1, 0.15) is 4.32 Å². The first kappa shape index (κ1) is 19.7. The van der Waals surface area contributed by atoms with Gasteiger partial charge in [-0.1, -0.05) is 30.0 Å². The maximum Gasteiger partial charge on any atom is 0.266 e. The van der Waals surface area contributed by atoms with Crippen molar-refractivity contribution in [3.8, 4) is 11.5 Å². The van der Waals surface area contributed by atoms with E-state index in [1.54, 1.807) is 17.0 Å². The van der Waals surface area contributed by atoms with E-state index >= 15 is 0 Å². The van der Waals surface area contributed by atoms with Gasteiger partial charge in [0.25, 0.3) is 5.91 Å². The summed E-state index contributed by atoms with van der Waals surface area (Å²) in [7, 11) is 0. The van der Waals surface area contributed by atoms with Crippen LogP contribution in [0.1, 0.15) is 18.9 Å². The van der Waals surface area contributed by atoms with Crippen LogP contribution in [0.25, 0.3) is 6.08 Å². The molecule has 1 fully saturated rings. The van der Waals surface area contributed by atoms with Crippen molar-refractivity contribution in [1.82, 2.24) is 9.80 Å². The van der Waals surface area contributed by atoms with Gasteiger partial charge in [-0.25, -0.2) is 0 Å². The highest BCUT2D eigenvalue weighted by Gasteiger charge is 2.32. The highest BCUT2D eigenvalue weighted by atomic mass is 32.2. The number of thioether (sulfide) groups is 1. The molecular formula is C18H20N2O5S2. The topological polar surface area (TPSA) is 79.3 Å². The fourth-order valence-electron chi connectivity index (χ4n) is 2.79. The second kappa shape index (κ2) is 8.73. The van der Waals surface area contributed by atoms with Crippen molar-refractivity contribution >= 4 is 46.2 Å². The number of benzene rings is 1. The average Bonchev–Trinajstić information content (AvgIpc) is 3.22. The second-order valence-electron chi connectivity index (χ2n) is 5.89. The molecule has 0 aromatic heterocycles. The summed E-state index contributed by atoms with van der Waals surface area (Å²) in [4.78, 5) is 28.4. The minimum absolute atomic E-state index is 0.0844.